The fraction of sp³-hybridized carbons (Fsp3) is 0.238. The molecule has 142 valence electrons. The lowest BCUT2D eigenvalue weighted by atomic mass is 10.1. The molecular weight excluding hydrogens is 346 g/mol. The standard InChI is InChI=1S/C21H23NO5/c1-15(16-7-5-4-6-8-16)22-20(23)14-27-21(24)12-9-17-13-18(25-2)10-11-19(17)26-3/h4-13,15H,14H2,1-3H3,(H,22,23)/b12-9+/t15-/m0/s1. The lowest BCUT2D eigenvalue weighted by molar-refractivity contribution is -0.144. The van der Waals surface area contributed by atoms with E-state index in [0.717, 1.165) is 5.56 Å². The summed E-state index contributed by atoms with van der Waals surface area (Å²) in [4.78, 5) is 23.8. The Kier molecular flexibility index (Phi) is 7.43. The quantitative estimate of drug-likeness (QED) is 0.572. The van der Waals surface area contributed by atoms with Crippen LogP contribution in [0.3, 0.4) is 0 Å². The number of rotatable bonds is 8. The second-order valence-corrected chi connectivity index (χ2v) is 5.75. The zero-order chi connectivity index (χ0) is 19.6. The molecule has 2 aromatic rings. The first-order chi connectivity index (χ1) is 13.0. The highest BCUT2D eigenvalue weighted by molar-refractivity contribution is 5.89. The van der Waals surface area contributed by atoms with E-state index in [0.29, 0.717) is 17.1 Å². The van der Waals surface area contributed by atoms with Crippen LogP contribution in [-0.4, -0.2) is 32.7 Å². The van der Waals surface area contributed by atoms with Crippen molar-refractivity contribution in [2.24, 2.45) is 0 Å². The average Bonchev–Trinajstić information content (AvgIpc) is 2.71. The Morgan fingerprint density at radius 2 is 1.81 bits per heavy atom. The molecule has 0 spiro atoms. The molecule has 0 aromatic heterocycles. The second kappa shape index (κ2) is 10.0. The number of hydrogen-bond acceptors (Lipinski definition) is 5. The van der Waals surface area contributed by atoms with Crippen molar-refractivity contribution in [3.05, 3.63) is 65.7 Å². The summed E-state index contributed by atoms with van der Waals surface area (Å²) in [6, 6.07) is 14.6. The minimum absolute atomic E-state index is 0.172. The minimum Gasteiger partial charge on any atom is -0.497 e. The topological polar surface area (TPSA) is 73.9 Å². The largest absolute Gasteiger partial charge is 0.497 e. The number of esters is 1. The van der Waals surface area contributed by atoms with Gasteiger partial charge in [0.25, 0.3) is 5.91 Å². The molecule has 0 radical (unpaired) electrons. The van der Waals surface area contributed by atoms with Gasteiger partial charge in [0.2, 0.25) is 0 Å². The van der Waals surface area contributed by atoms with Gasteiger partial charge in [-0.05, 0) is 36.8 Å². The SMILES string of the molecule is COc1ccc(OC)c(/C=C/C(=O)OCC(=O)N[C@@H](C)c2ccccc2)c1. The van der Waals surface area contributed by atoms with E-state index < -0.39 is 5.97 Å². The summed E-state index contributed by atoms with van der Waals surface area (Å²) in [7, 11) is 3.09. The van der Waals surface area contributed by atoms with E-state index in [-0.39, 0.29) is 18.6 Å². The molecule has 27 heavy (non-hydrogen) atoms. The molecule has 6 heteroatoms. The van der Waals surface area contributed by atoms with E-state index in [1.165, 1.54) is 13.2 Å². The summed E-state index contributed by atoms with van der Waals surface area (Å²) in [5.74, 6) is 0.238. The normalized spacial score (nSPS) is 11.7. The van der Waals surface area contributed by atoms with Crippen molar-refractivity contribution in [2.45, 2.75) is 13.0 Å². The van der Waals surface area contributed by atoms with Gasteiger partial charge in [0.05, 0.1) is 20.3 Å². The Morgan fingerprint density at radius 3 is 2.48 bits per heavy atom. The fourth-order valence-electron chi connectivity index (χ4n) is 2.42. The lowest BCUT2D eigenvalue weighted by Gasteiger charge is -2.14. The zero-order valence-corrected chi connectivity index (χ0v) is 15.6. The molecule has 0 saturated heterocycles. The summed E-state index contributed by atoms with van der Waals surface area (Å²) >= 11 is 0. The van der Waals surface area contributed by atoms with Crippen molar-refractivity contribution in [3.8, 4) is 11.5 Å². The number of benzene rings is 2. The van der Waals surface area contributed by atoms with Crippen molar-refractivity contribution < 1.29 is 23.8 Å². The summed E-state index contributed by atoms with van der Waals surface area (Å²) in [6.45, 7) is 1.51. The van der Waals surface area contributed by atoms with Gasteiger partial charge in [-0.2, -0.15) is 0 Å². The first kappa shape index (κ1) is 20.0. The summed E-state index contributed by atoms with van der Waals surface area (Å²) in [5, 5.41) is 2.78. The smallest absolute Gasteiger partial charge is 0.331 e. The molecule has 1 amide bonds. The van der Waals surface area contributed by atoms with Crippen LogP contribution in [0.5, 0.6) is 11.5 Å². The highest BCUT2D eigenvalue weighted by atomic mass is 16.5. The van der Waals surface area contributed by atoms with Crippen molar-refractivity contribution in [1.82, 2.24) is 5.32 Å². The van der Waals surface area contributed by atoms with Gasteiger partial charge >= 0.3 is 5.97 Å². The second-order valence-electron chi connectivity index (χ2n) is 5.75. The van der Waals surface area contributed by atoms with Gasteiger partial charge in [0.1, 0.15) is 11.5 Å². The highest BCUT2D eigenvalue weighted by Crippen LogP contribution is 2.25. The molecule has 0 saturated carbocycles. The summed E-state index contributed by atoms with van der Waals surface area (Å²) in [5.41, 5.74) is 1.64. The number of methoxy groups -OCH3 is 2. The van der Waals surface area contributed by atoms with Gasteiger partial charge in [-0.1, -0.05) is 30.3 Å². The molecule has 0 aliphatic rings. The van der Waals surface area contributed by atoms with Crippen molar-refractivity contribution in [2.75, 3.05) is 20.8 Å². The van der Waals surface area contributed by atoms with Gasteiger partial charge in [-0.15, -0.1) is 0 Å². The predicted molar refractivity (Wildman–Crippen MR) is 103 cm³/mol. The Labute approximate surface area is 158 Å². The maximum Gasteiger partial charge on any atom is 0.331 e. The van der Waals surface area contributed by atoms with Gasteiger partial charge in [0.15, 0.2) is 6.61 Å². The van der Waals surface area contributed by atoms with E-state index in [1.54, 1.807) is 31.4 Å². The number of carbonyl (C=O) groups excluding carboxylic acids is 2. The Morgan fingerprint density at radius 1 is 1.07 bits per heavy atom. The third-order valence-electron chi connectivity index (χ3n) is 3.86. The zero-order valence-electron chi connectivity index (χ0n) is 15.6. The van der Waals surface area contributed by atoms with Gasteiger partial charge in [-0.25, -0.2) is 4.79 Å². The third-order valence-corrected chi connectivity index (χ3v) is 3.86. The maximum atomic E-state index is 11.9. The Balaban J connectivity index is 1.87. The molecule has 2 rings (SSSR count). The van der Waals surface area contributed by atoms with Crippen LogP contribution in [0.4, 0.5) is 0 Å². The molecule has 0 aliphatic carbocycles. The first-order valence-electron chi connectivity index (χ1n) is 8.44. The average molecular weight is 369 g/mol. The van der Waals surface area contributed by atoms with Crippen LogP contribution < -0.4 is 14.8 Å². The molecule has 6 nitrogen and oxygen atoms in total. The lowest BCUT2D eigenvalue weighted by Crippen LogP contribution is -2.30. The van der Waals surface area contributed by atoms with Crippen LogP contribution in [-0.2, 0) is 14.3 Å². The molecule has 0 aliphatic heterocycles. The van der Waals surface area contributed by atoms with Crippen molar-refractivity contribution in [1.29, 1.82) is 0 Å². The molecule has 0 fully saturated rings. The maximum absolute atomic E-state index is 11.9. The fourth-order valence-corrected chi connectivity index (χ4v) is 2.42. The number of amides is 1. The monoisotopic (exact) mass is 369 g/mol. The van der Waals surface area contributed by atoms with Crippen molar-refractivity contribution in [3.63, 3.8) is 0 Å². The molecule has 0 heterocycles. The number of ether oxygens (including phenoxy) is 3. The number of nitrogens with one attached hydrogen (secondary N) is 1. The molecule has 1 atom stereocenters. The number of hydrogen-bond donors (Lipinski definition) is 1. The van der Waals surface area contributed by atoms with Crippen LogP contribution in [0, 0.1) is 0 Å². The van der Waals surface area contributed by atoms with Crippen LogP contribution in [0.15, 0.2) is 54.6 Å². The van der Waals surface area contributed by atoms with E-state index in [9.17, 15) is 9.59 Å². The van der Waals surface area contributed by atoms with Crippen molar-refractivity contribution >= 4 is 18.0 Å². The molecule has 0 bridgehead atoms. The minimum atomic E-state index is -0.623. The van der Waals surface area contributed by atoms with Crippen LogP contribution in [0.25, 0.3) is 6.08 Å². The van der Waals surface area contributed by atoms with E-state index in [1.807, 2.05) is 37.3 Å². The third kappa shape index (κ3) is 6.18. The Bertz CT molecular complexity index is 801. The molecular formula is C21H23NO5. The van der Waals surface area contributed by atoms with Gasteiger partial charge in [0, 0.05) is 11.6 Å². The summed E-state index contributed by atoms with van der Waals surface area (Å²) in [6.07, 6.45) is 2.79. The van der Waals surface area contributed by atoms with E-state index in [4.69, 9.17) is 14.2 Å². The molecule has 2 aromatic carbocycles. The molecule has 1 N–H and O–H groups in total. The first-order valence-corrected chi connectivity index (χ1v) is 8.44. The Hall–Kier alpha value is -3.28. The van der Waals surface area contributed by atoms with Crippen LogP contribution in [0.1, 0.15) is 24.1 Å². The summed E-state index contributed by atoms with van der Waals surface area (Å²) < 4.78 is 15.4. The van der Waals surface area contributed by atoms with E-state index >= 15 is 0 Å². The highest BCUT2D eigenvalue weighted by Gasteiger charge is 2.11. The molecule has 0 unspecified atom stereocenters. The van der Waals surface area contributed by atoms with Crippen LogP contribution >= 0.6 is 0 Å². The predicted octanol–water partition coefficient (Wildman–Crippen LogP) is 3.14. The van der Waals surface area contributed by atoms with Gasteiger partial charge in [-0.3, -0.25) is 4.79 Å². The van der Waals surface area contributed by atoms with E-state index in [2.05, 4.69) is 5.32 Å². The van der Waals surface area contributed by atoms with Gasteiger partial charge < -0.3 is 19.5 Å². The number of carbonyl (C=O) groups is 2. The van der Waals surface area contributed by atoms with Crippen LogP contribution in [0.2, 0.25) is 0 Å².